The predicted octanol–water partition coefficient (Wildman–Crippen LogP) is 11.6. The van der Waals surface area contributed by atoms with E-state index >= 15 is 0 Å². The highest BCUT2D eigenvalue weighted by Crippen LogP contribution is 2.39. The zero-order valence-electron chi connectivity index (χ0n) is 27.7. The number of hydrogen-bond acceptors (Lipinski definition) is 5. The van der Waals surface area contributed by atoms with Crippen LogP contribution in [0.25, 0.3) is 105 Å². The van der Waals surface area contributed by atoms with E-state index in [1.54, 1.807) is 6.20 Å². The van der Waals surface area contributed by atoms with Crippen LogP contribution in [0.5, 0.6) is 0 Å². The van der Waals surface area contributed by atoms with Gasteiger partial charge in [0.2, 0.25) is 0 Å². The summed E-state index contributed by atoms with van der Waals surface area (Å²) in [6.45, 7) is 0. The van der Waals surface area contributed by atoms with Crippen molar-refractivity contribution in [3.05, 3.63) is 164 Å². The summed E-state index contributed by atoms with van der Waals surface area (Å²) in [5, 5.41) is 8.93. The second-order valence-electron chi connectivity index (χ2n) is 13.1. The zero-order chi connectivity index (χ0) is 34.2. The van der Waals surface area contributed by atoms with Crippen molar-refractivity contribution in [2.24, 2.45) is 0 Å². The van der Waals surface area contributed by atoms with Gasteiger partial charge in [-0.3, -0.25) is 4.98 Å². The molecule has 6 heteroatoms. The molecule has 11 aromatic rings. The summed E-state index contributed by atoms with van der Waals surface area (Å²) in [5.74, 6) is 1.74. The predicted molar refractivity (Wildman–Crippen MR) is 211 cm³/mol. The zero-order valence-corrected chi connectivity index (χ0v) is 27.7. The molecule has 0 saturated heterocycles. The minimum atomic E-state index is 0.562. The molecule has 4 aromatic heterocycles. The molecule has 0 radical (unpaired) electrons. The summed E-state index contributed by atoms with van der Waals surface area (Å²) >= 11 is 0. The Kier molecular flexibility index (Phi) is 6.15. The number of aromatic nitrogens is 5. The van der Waals surface area contributed by atoms with Gasteiger partial charge in [-0.15, -0.1) is 0 Å². The van der Waals surface area contributed by atoms with E-state index < -0.39 is 0 Å². The smallest absolute Gasteiger partial charge is 0.166 e. The van der Waals surface area contributed by atoms with Crippen molar-refractivity contribution in [3.8, 4) is 39.9 Å². The van der Waals surface area contributed by atoms with Crippen LogP contribution in [0, 0.1) is 0 Å². The van der Waals surface area contributed by atoms with Gasteiger partial charge in [0.25, 0.3) is 0 Å². The van der Waals surface area contributed by atoms with Crippen molar-refractivity contribution < 1.29 is 4.42 Å². The summed E-state index contributed by atoms with van der Waals surface area (Å²) in [7, 11) is 0. The van der Waals surface area contributed by atoms with Gasteiger partial charge in [0.05, 0.1) is 16.7 Å². The van der Waals surface area contributed by atoms with Crippen LogP contribution in [0.3, 0.4) is 0 Å². The van der Waals surface area contributed by atoms with Crippen molar-refractivity contribution in [2.45, 2.75) is 0 Å². The lowest BCUT2D eigenvalue weighted by Gasteiger charge is -2.15. The summed E-state index contributed by atoms with van der Waals surface area (Å²) in [6, 6.07) is 52.7. The first-order chi connectivity index (χ1) is 25.8. The molecule has 52 heavy (non-hydrogen) atoms. The van der Waals surface area contributed by atoms with E-state index in [2.05, 4.69) is 137 Å². The SMILES string of the molecule is c1ccc(-n2c3ccccc3c3ccccc32)c(-c2nc(-c3ccc4ccc5ccccc5c4c3)nc(-c3cccc4oc5ccncc5c34)n2)c1. The molecular formula is C46H27N5O. The number of nitrogens with zero attached hydrogens (tertiary/aromatic N) is 5. The van der Waals surface area contributed by atoms with E-state index in [1.165, 1.54) is 21.5 Å². The molecule has 0 fully saturated rings. The van der Waals surface area contributed by atoms with Crippen LogP contribution >= 0.6 is 0 Å². The van der Waals surface area contributed by atoms with E-state index in [9.17, 15) is 0 Å². The molecule has 0 aliphatic heterocycles. The van der Waals surface area contributed by atoms with Crippen molar-refractivity contribution in [1.82, 2.24) is 24.5 Å². The fourth-order valence-corrected chi connectivity index (χ4v) is 7.78. The Morgan fingerprint density at radius 3 is 1.90 bits per heavy atom. The van der Waals surface area contributed by atoms with Gasteiger partial charge in [-0.2, -0.15) is 0 Å². The van der Waals surface area contributed by atoms with Gasteiger partial charge in [-0.1, -0.05) is 109 Å². The Morgan fingerprint density at radius 2 is 1.08 bits per heavy atom. The van der Waals surface area contributed by atoms with Crippen LogP contribution in [-0.4, -0.2) is 24.5 Å². The number of pyridine rings is 1. The van der Waals surface area contributed by atoms with Gasteiger partial charge < -0.3 is 8.98 Å². The van der Waals surface area contributed by atoms with E-state index in [-0.39, 0.29) is 0 Å². The van der Waals surface area contributed by atoms with Crippen molar-refractivity contribution in [3.63, 3.8) is 0 Å². The molecule has 0 aliphatic carbocycles. The van der Waals surface area contributed by atoms with Crippen LogP contribution in [0.2, 0.25) is 0 Å². The molecule has 0 amide bonds. The molecule has 11 rings (SSSR count). The Hall–Kier alpha value is -7.18. The van der Waals surface area contributed by atoms with Crippen LogP contribution in [0.4, 0.5) is 0 Å². The van der Waals surface area contributed by atoms with Crippen molar-refractivity contribution in [1.29, 1.82) is 0 Å². The number of hydrogen-bond donors (Lipinski definition) is 0. The maximum absolute atomic E-state index is 6.27. The lowest BCUT2D eigenvalue weighted by Crippen LogP contribution is -2.03. The van der Waals surface area contributed by atoms with Gasteiger partial charge >= 0.3 is 0 Å². The largest absolute Gasteiger partial charge is 0.456 e. The lowest BCUT2D eigenvalue weighted by atomic mass is 9.99. The Balaban J connectivity index is 1.21. The molecule has 0 N–H and O–H groups in total. The number of rotatable bonds is 4. The van der Waals surface area contributed by atoms with Crippen LogP contribution in [0.1, 0.15) is 0 Å². The Labute approximate surface area is 297 Å². The maximum atomic E-state index is 6.27. The quantitative estimate of drug-likeness (QED) is 0.175. The molecule has 0 aliphatic rings. The highest BCUT2D eigenvalue weighted by molar-refractivity contribution is 6.12. The highest BCUT2D eigenvalue weighted by atomic mass is 16.3. The first-order valence-electron chi connectivity index (χ1n) is 17.3. The van der Waals surface area contributed by atoms with Crippen LogP contribution in [0.15, 0.2) is 168 Å². The highest BCUT2D eigenvalue weighted by Gasteiger charge is 2.21. The fraction of sp³-hybridized carbons (Fsp3) is 0. The average Bonchev–Trinajstić information content (AvgIpc) is 3.76. The van der Waals surface area contributed by atoms with Gasteiger partial charge in [0.1, 0.15) is 11.2 Å². The summed E-state index contributed by atoms with van der Waals surface area (Å²) < 4.78 is 8.59. The second-order valence-corrected chi connectivity index (χ2v) is 13.1. The van der Waals surface area contributed by atoms with Crippen molar-refractivity contribution >= 4 is 65.3 Å². The third kappa shape index (κ3) is 4.31. The number of fused-ring (bicyclic) bond motifs is 9. The Morgan fingerprint density at radius 1 is 0.442 bits per heavy atom. The minimum absolute atomic E-state index is 0.562. The molecule has 7 aromatic carbocycles. The van der Waals surface area contributed by atoms with Gasteiger partial charge in [0, 0.05) is 50.6 Å². The van der Waals surface area contributed by atoms with E-state index in [4.69, 9.17) is 19.4 Å². The van der Waals surface area contributed by atoms with E-state index in [0.717, 1.165) is 66.1 Å². The lowest BCUT2D eigenvalue weighted by molar-refractivity contribution is 0.668. The summed E-state index contributed by atoms with van der Waals surface area (Å²) in [4.78, 5) is 20.2. The minimum Gasteiger partial charge on any atom is -0.456 e. The molecule has 0 unspecified atom stereocenters. The normalized spacial score (nSPS) is 11.8. The molecule has 4 heterocycles. The van der Waals surface area contributed by atoms with Crippen LogP contribution in [-0.2, 0) is 0 Å². The first kappa shape index (κ1) is 28.6. The maximum Gasteiger partial charge on any atom is 0.166 e. The topological polar surface area (TPSA) is 69.6 Å². The molecule has 242 valence electrons. The monoisotopic (exact) mass is 665 g/mol. The molecule has 0 bridgehead atoms. The van der Waals surface area contributed by atoms with Gasteiger partial charge in [-0.05, 0) is 64.0 Å². The number of furan rings is 1. The van der Waals surface area contributed by atoms with Crippen LogP contribution < -0.4 is 0 Å². The molecular weight excluding hydrogens is 639 g/mol. The summed E-state index contributed by atoms with van der Waals surface area (Å²) in [6.07, 6.45) is 3.60. The molecule has 0 atom stereocenters. The standard InChI is InChI=1S/C46H27N5O/c1-2-11-31-28(10-1)20-21-29-22-23-30(26-36(29)31)44-48-45(50-46(49-44)35-15-9-19-42-43(35)37-27-47-25-24-41(37)52-42)34-14-5-8-18-40(34)51-38-16-6-3-12-32(38)33-13-4-7-17-39(33)51/h1-27H. The van der Waals surface area contributed by atoms with Gasteiger partial charge in [-0.25, -0.2) is 15.0 Å². The van der Waals surface area contributed by atoms with Gasteiger partial charge in [0.15, 0.2) is 17.5 Å². The van der Waals surface area contributed by atoms with E-state index in [0.29, 0.717) is 17.5 Å². The third-order valence-electron chi connectivity index (χ3n) is 10.1. The van der Waals surface area contributed by atoms with Crippen molar-refractivity contribution in [2.75, 3.05) is 0 Å². The first-order valence-corrected chi connectivity index (χ1v) is 17.3. The Bertz CT molecular complexity index is 3160. The number of benzene rings is 7. The molecule has 0 saturated carbocycles. The summed E-state index contributed by atoms with van der Waals surface area (Å²) in [5.41, 5.74) is 7.42. The van der Waals surface area contributed by atoms with E-state index in [1.807, 2.05) is 30.5 Å². The molecule has 6 nitrogen and oxygen atoms in total. The second kappa shape index (κ2) is 11.2. The third-order valence-corrected chi connectivity index (χ3v) is 10.1. The average molecular weight is 666 g/mol. The number of para-hydroxylation sites is 3. The molecule has 0 spiro atoms. The fourth-order valence-electron chi connectivity index (χ4n) is 7.78.